The number of benzene rings is 1. The van der Waals surface area contributed by atoms with Crippen LogP contribution in [0.5, 0.6) is 0 Å². The van der Waals surface area contributed by atoms with E-state index in [0.717, 1.165) is 44.5 Å². The lowest BCUT2D eigenvalue weighted by molar-refractivity contribution is -0.136. The van der Waals surface area contributed by atoms with Gasteiger partial charge in [0.15, 0.2) is 0 Å². The predicted molar refractivity (Wildman–Crippen MR) is 81.6 cm³/mol. The average Bonchev–Trinajstić information content (AvgIpc) is 3.03. The molecule has 1 saturated heterocycles. The van der Waals surface area contributed by atoms with E-state index in [1.165, 1.54) is 25.0 Å². The van der Waals surface area contributed by atoms with E-state index in [1.54, 1.807) is 12.1 Å². The number of likely N-dealkylation sites (tertiary alicyclic amines) is 1. The number of amides is 1. The molecule has 0 radical (unpaired) electrons. The van der Waals surface area contributed by atoms with Crippen LogP contribution >= 0.6 is 0 Å². The van der Waals surface area contributed by atoms with Gasteiger partial charge in [0.2, 0.25) is 5.91 Å². The van der Waals surface area contributed by atoms with Gasteiger partial charge in [-0.25, -0.2) is 4.39 Å². The monoisotopic (exact) mass is 290 g/mol. The van der Waals surface area contributed by atoms with Crippen molar-refractivity contribution in [3.63, 3.8) is 0 Å². The summed E-state index contributed by atoms with van der Waals surface area (Å²) in [7, 11) is 0. The highest BCUT2D eigenvalue weighted by Crippen LogP contribution is 2.28. The van der Waals surface area contributed by atoms with Crippen molar-refractivity contribution in [2.75, 3.05) is 18.4 Å². The van der Waals surface area contributed by atoms with Crippen molar-refractivity contribution in [3.8, 4) is 0 Å². The van der Waals surface area contributed by atoms with Crippen LogP contribution in [0.4, 0.5) is 10.1 Å². The van der Waals surface area contributed by atoms with Gasteiger partial charge in [-0.2, -0.15) is 0 Å². The Labute approximate surface area is 125 Å². The van der Waals surface area contributed by atoms with Crippen LogP contribution in [0.25, 0.3) is 0 Å². The first-order chi connectivity index (χ1) is 10.2. The van der Waals surface area contributed by atoms with Crippen molar-refractivity contribution in [1.82, 2.24) is 4.90 Å². The number of anilines is 1. The number of nitrogens with zero attached hydrogens (tertiary/aromatic N) is 1. The van der Waals surface area contributed by atoms with E-state index in [9.17, 15) is 9.18 Å². The Balaban J connectivity index is 1.57. The SMILES string of the molecule is O=C(C1CCCC1)N1CCC[C@@H](Nc2ccc(F)cc2)C1. The van der Waals surface area contributed by atoms with Gasteiger partial charge >= 0.3 is 0 Å². The van der Waals surface area contributed by atoms with Crippen LogP contribution in [-0.4, -0.2) is 29.9 Å². The van der Waals surface area contributed by atoms with Gasteiger partial charge < -0.3 is 10.2 Å². The molecule has 1 aliphatic carbocycles. The lowest BCUT2D eigenvalue weighted by Crippen LogP contribution is -2.46. The zero-order valence-electron chi connectivity index (χ0n) is 12.4. The maximum Gasteiger partial charge on any atom is 0.225 e. The molecule has 114 valence electrons. The van der Waals surface area contributed by atoms with Crippen molar-refractivity contribution in [2.45, 2.75) is 44.6 Å². The van der Waals surface area contributed by atoms with Crippen LogP contribution in [0, 0.1) is 11.7 Å². The van der Waals surface area contributed by atoms with Gasteiger partial charge in [-0.1, -0.05) is 12.8 Å². The number of carbonyl (C=O) groups is 1. The number of piperidine rings is 1. The highest BCUT2D eigenvalue weighted by molar-refractivity contribution is 5.79. The Morgan fingerprint density at radius 2 is 1.81 bits per heavy atom. The molecule has 0 aromatic heterocycles. The summed E-state index contributed by atoms with van der Waals surface area (Å²) in [5, 5.41) is 3.42. The third kappa shape index (κ3) is 3.55. The molecule has 21 heavy (non-hydrogen) atoms. The van der Waals surface area contributed by atoms with Gasteiger partial charge in [0.05, 0.1) is 0 Å². The first kappa shape index (κ1) is 14.4. The molecule has 0 unspecified atom stereocenters. The molecule has 1 aromatic carbocycles. The van der Waals surface area contributed by atoms with Crippen LogP contribution in [0.1, 0.15) is 38.5 Å². The van der Waals surface area contributed by atoms with E-state index in [0.29, 0.717) is 5.91 Å². The van der Waals surface area contributed by atoms with E-state index < -0.39 is 0 Å². The second-order valence-corrected chi connectivity index (χ2v) is 6.26. The topological polar surface area (TPSA) is 32.3 Å². The molecule has 1 heterocycles. The molecule has 2 aliphatic rings. The molecule has 3 nitrogen and oxygen atoms in total. The fourth-order valence-corrected chi connectivity index (χ4v) is 3.51. The Hall–Kier alpha value is -1.58. The normalized spacial score (nSPS) is 23.3. The van der Waals surface area contributed by atoms with Gasteiger partial charge in [-0.05, 0) is 49.9 Å². The maximum atomic E-state index is 12.9. The van der Waals surface area contributed by atoms with Crippen molar-refractivity contribution >= 4 is 11.6 Å². The van der Waals surface area contributed by atoms with Crippen molar-refractivity contribution in [1.29, 1.82) is 0 Å². The highest BCUT2D eigenvalue weighted by Gasteiger charge is 2.30. The van der Waals surface area contributed by atoms with Gasteiger partial charge in [-0.3, -0.25) is 4.79 Å². The molecule has 0 spiro atoms. The van der Waals surface area contributed by atoms with Crippen LogP contribution in [-0.2, 0) is 4.79 Å². The van der Waals surface area contributed by atoms with Crippen LogP contribution < -0.4 is 5.32 Å². The van der Waals surface area contributed by atoms with E-state index in [2.05, 4.69) is 5.32 Å². The van der Waals surface area contributed by atoms with E-state index in [1.807, 2.05) is 4.90 Å². The summed E-state index contributed by atoms with van der Waals surface area (Å²) >= 11 is 0. The number of carbonyl (C=O) groups excluding carboxylic acids is 1. The molecule has 1 saturated carbocycles. The van der Waals surface area contributed by atoms with E-state index in [4.69, 9.17) is 0 Å². The summed E-state index contributed by atoms with van der Waals surface area (Å²) in [6.07, 6.45) is 6.61. The largest absolute Gasteiger partial charge is 0.381 e. The van der Waals surface area contributed by atoms with Crippen LogP contribution in [0.3, 0.4) is 0 Å². The summed E-state index contributed by atoms with van der Waals surface area (Å²) in [5.41, 5.74) is 0.927. The lowest BCUT2D eigenvalue weighted by atomic mass is 10.0. The molecule has 3 rings (SSSR count). The van der Waals surface area contributed by atoms with E-state index in [-0.39, 0.29) is 17.8 Å². The average molecular weight is 290 g/mol. The Bertz CT molecular complexity index is 482. The second kappa shape index (κ2) is 6.46. The number of hydrogen-bond donors (Lipinski definition) is 1. The summed E-state index contributed by atoms with van der Waals surface area (Å²) in [6, 6.07) is 6.72. The Kier molecular flexibility index (Phi) is 4.42. The summed E-state index contributed by atoms with van der Waals surface area (Å²) < 4.78 is 12.9. The molecule has 1 aliphatic heterocycles. The van der Waals surface area contributed by atoms with Crippen molar-refractivity contribution < 1.29 is 9.18 Å². The van der Waals surface area contributed by atoms with Crippen molar-refractivity contribution in [3.05, 3.63) is 30.1 Å². The summed E-state index contributed by atoms with van der Waals surface area (Å²) in [4.78, 5) is 14.5. The van der Waals surface area contributed by atoms with Gasteiger partial charge in [0.1, 0.15) is 5.82 Å². The highest BCUT2D eigenvalue weighted by atomic mass is 19.1. The third-order valence-electron chi connectivity index (χ3n) is 4.65. The lowest BCUT2D eigenvalue weighted by Gasteiger charge is -2.35. The molecule has 1 N–H and O–H groups in total. The molecule has 0 bridgehead atoms. The third-order valence-corrected chi connectivity index (χ3v) is 4.65. The summed E-state index contributed by atoms with van der Waals surface area (Å²) in [5.74, 6) is 0.384. The fraction of sp³-hybridized carbons (Fsp3) is 0.588. The Morgan fingerprint density at radius 3 is 2.52 bits per heavy atom. The quantitative estimate of drug-likeness (QED) is 0.925. The molecule has 1 amide bonds. The molecular formula is C17H23FN2O. The minimum atomic E-state index is -0.220. The first-order valence-electron chi connectivity index (χ1n) is 8.03. The number of hydrogen-bond acceptors (Lipinski definition) is 2. The minimum Gasteiger partial charge on any atom is -0.381 e. The van der Waals surface area contributed by atoms with Gasteiger partial charge in [0, 0.05) is 30.7 Å². The van der Waals surface area contributed by atoms with Crippen LogP contribution in [0.15, 0.2) is 24.3 Å². The second-order valence-electron chi connectivity index (χ2n) is 6.26. The Morgan fingerprint density at radius 1 is 1.10 bits per heavy atom. The predicted octanol–water partition coefficient (Wildman–Crippen LogP) is 3.42. The maximum absolute atomic E-state index is 12.9. The summed E-state index contributed by atoms with van der Waals surface area (Å²) in [6.45, 7) is 1.66. The molecule has 1 aromatic rings. The van der Waals surface area contributed by atoms with Gasteiger partial charge in [-0.15, -0.1) is 0 Å². The standard InChI is InChI=1S/C17H23FN2O/c18-14-7-9-15(10-8-14)19-16-6-3-11-20(12-16)17(21)13-4-1-2-5-13/h7-10,13,16,19H,1-6,11-12H2/t16-/m1/s1. The zero-order chi connectivity index (χ0) is 14.7. The van der Waals surface area contributed by atoms with Crippen LogP contribution in [0.2, 0.25) is 0 Å². The smallest absolute Gasteiger partial charge is 0.225 e. The zero-order valence-corrected chi connectivity index (χ0v) is 12.4. The molecule has 1 atom stereocenters. The van der Waals surface area contributed by atoms with E-state index >= 15 is 0 Å². The molecule has 2 fully saturated rings. The molecule has 4 heteroatoms. The fourth-order valence-electron chi connectivity index (χ4n) is 3.51. The number of nitrogens with one attached hydrogen (secondary N) is 1. The van der Waals surface area contributed by atoms with Gasteiger partial charge in [0.25, 0.3) is 0 Å². The minimum absolute atomic E-state index is 0.220. The van der Waals surface area contributed by atoms with Crippen molar-refractivity contribution in [2.24, 2.45) is 5.92 Å². The number of halogens is 1. The number of rotatable bonds is 3. The molecular weight excluding hydrogens is 267 g/mol. The first-order valence-corrected chi connectivity index (χ1v) is 8.03.